The zero-order chi connectivity index (χ0) is 21.3. The quantitative estimate of drug-likeness (QED) is 0.467. The number of halogens is 1. The van der Waals surface area contributed by atoms with Crippen LogP contribution < -0.4 is 5.32 Å². The number of nitrogens with one attached hydrogen (secondary N) is 1. The van der Waals surface area contributed by atoms with Crippen LogP contribution in [0.3, 0.4) is 0 Å². The molecule has 0 spiro atoms. The lowest BCUT2D eigenvalue weighted by Gasteiger charge is -2.05. The molecule has 7 heteroatoms. The first kappa shape index (κ1) is 20.6. The minimum Gasteiger partial charge on any atom is -0.457 e. The molecule has 0 aliphatic rings. The van der Waals surface area contributed by atoms with Crippen molar-refractivity contribution in [1.29, 1.82) is 5.26 Å². The highest BCUT2D eigenvalue weighted by atomic mass is 19.1. The topological polar surface area (TPSA) is 92.3 Å². The smallest absolute Gasteiger partial charge is 0.331 e. The van der Waals surface area contributed by atoms with Gasteiger partial charge in [-0.05, 0) is 48.0 Å². The molecule has 0 saturated carbocycles. The molecule has 30 heavy (non-hydrogen) atoms. The average molecular weight is 404 g/mol. The Balaban J connectivity index is 1.48. The van der Waals surface area contributed by atoms with E-state index in [2.05, 4.69) is 5.32 Å². The summed E-state index contributed by atoms with van der Waals surface area (Å²) in [4.78, 5) is 23.7. The Kier molecular flexibility index (Phi) is 6.74. The molecular formula is C23H17FN2O4. The molecule has 1 heterocycles. The molecule has 0 atom stereocenters. The molecule has 1 amide bonds. The number of esters is 1. The summed E-state index contributed by atoms with van der Waals surface area (Å²) < 4.78 is 24.2. The summed E-state index contributed by atoms with van der Waals surface area (Å²) in [7, 11) is 0. The zero-order valence-corrected chi connectivity index (χ0v) is 15.8. The van der Waals surface area contributed by atoms with E-state index in [1.165, 1.54) is 12.1 Å². The molecule has 0 aliphatic heterocycles. The Hall–Kier alpha value is -4.18. The molecule has 0 unspecified atom stereocenters. The molecule has 3 rings (SSSR count). The number of hydrogen-bond acceptors (Lipinski definition) is 5. The zero-order valence-electron chi connectivity index (χ0n) is 15.8. The van der Waals surface area contributed by atoms with Gasteiger partial charge in [0.05, 0.1) is 18.1 Å². The Bertz CT molecular complexity index is 1110. The normalized spacial score (nSPS) is 10.5. The second-order valence-electron chi connectivity index (χ2n) is 6.20. The number of carbonyl (C=O) groups excluding carboxylic acids is 2. The van der Waals surface area contributed by atoms with E-state index < -0.39 is 24.3 Å². The number of anilines is 1. The van der Waals surface area contributed by atoms with E-state index in [0.717, 1.165) is 11.6 Å². The number of benzene rings is 2. The average Bonchev–Trinajstić information content (AvgIpc) is 3.21. The second-order valence-corrected chi connectivity index (χ2v) is 6.20. The van der Waals surface area contributed by atoms with Crippen LogP contribution in [0.4, 0.5) is 10.1 Å². The van der Waals surface area contributed by atoms with Gasteiger partial charge >= 0.3 is 5.97 Å². The van der Waals surface area contributed by atoms with Crippen LogP contribution in [0, 0.1) is 17.1 Å². The van der Waals surface area contributed by atoms with E-state index in [0.29, 0.717) is 22.8 Å². The lowest BCUT2D eigenvalue weighted by atomic mass is 10.1. The molecular weight excluding hydrogens is 387 g/mol. The van der Waals surface area contributed by atoms with Crippen LogP contribution in [-0.4, -0.2) is 18.5 Å². The predicted molar refractivity (Wildman–Crippen MR) is 108 cm³/mol. The van der Waals surface area contributed by atoms with Crippen LogP contribution in [0.2, 0.25) is 0 Å². The number of nitriles is 1. The molecule has 3 aromatic rings. The van der Waals surface area contributed by atoms with E-state index in [1.807, 2.05) is 6.07 Å². The lowest BCUT2D eigenvalue weighted by molar-refractivity contribution is -0.142. The van der Waals surface area contributed by atoms with Crippen molar-refractivity contribution < 1.29 is 23.1 Å². The fourth-order valence-electron chi connectivity index (χ4n) is 2.58. The van der Waals surface area contributed by atoms with Crippen molar-refractivity contribution in [2.45, 2.75) is 6.42 Å². The first-order valence-electron chi connectivity index (χ1n) is 9.00. The maximum absolute atomic E-state index is 13.8. The molecule has 1 aromatic heterocycles. The Labute approximate surface area is 172 Å². The number of nitrogens with zero attached hydrogens (tertiary/aromatic N) is 1. The van der Waals surface area contributed by atoms with Crippen molar-refractivity contribution in [3.63, 3.8) is 0 Å². The van der Waals surface area contributed by atoms with Gasteiger partial charge in [0.25, 0.3) is 5.91 Å². The minimum atomic E-state index is -0.724. The first-order chi connectivity index (χ1) is 14.5. The SMILES string of the molecule is N#CCc1ccc(NC(=O)COC(=O)/C=C/c2ccc(-c3ccccc3F)o2)cc1. The van der Waals surface area contributed by atoms with Gasteiger partial charge in [0.2, 0.25) is 0 Å². The number of hydrogen-bond donors (Lipinski definition) is 1. The maximum Gasteiger partial charge on any atom is 0.331 e. The number of rotatable bonds is 7. The molecule has 0 fully saturated rings. The summed E-state index contributed by atoms with van der Waals surface area (Å²) >= 11 is 0. The summed E-state index contributed by atoms with van der Waals surface area (Å²) in [5.74, 6) is -0.955. The van der Waals surface area contributed by atoms with E-state index >= 15 is 0 Å². The van der Waals surface area contributed by atoms with Crippen LogP contribution in [0.1, 0.15) is 11.3 Å². The van der Waals surface area contributed by atoms with E-state index in [-0.39, 0.29) is 6.42 Å². The van der Waals surface area contributed by atoms with Gasteiger partial charge in [-0.1, -0.05) is 24.3 Å². The fourth-order valence-corrected chi connectivity index (χ4v) is 2.58. The first-order valence-corrected chi connectivity index (χ1v) is 9.00. The van der Waals surface area contributed by atoms with Gasteiger partial charge in [-0.2, -0.15) is 5.26 Å². The highest BCUT2D eigenvalue weighted by molar-refractivity contribution is 5.94. The van der Waals surface area contributed by atoms with Gasteiger partial charge in [0, 0.05) is 11.8 Å². The Morgan fingerprint density at radius 2 is 1.87 bits per heavy atom. The molecule has 0 bridgehead atoms. The number of ether oxygens (including phenoxy) is 1. The van der Waals surface area contributed by atoms with Crippen LogP contribution in [0.15, 0.2) is 71.2 Å². The molecule has 0 aliphatic carbocycles. The Morgan fingerprint density at radius 1 is 1.10 bits per heavy atom. The number of amides is 1. The van der Waals surface area contributed by atoms with Crippen LogP contribution in [0.25, 0.3) is 17.4 Å². The van der Waals surface area contributed by atoms with Crippen LogP contribution >= 0.6 is 0 Å². The van der Waals surface area contributed by atoms with Crippen molar-refractivity contribution in [3.05, 3.63) is 83.9 Å². The van der Waals surface area contributed by atoms with Crippen molar-refractivity contribution in [3.8, 4) is 17.4 Å². The maximum atomic E-state index is 13.8. The third-order valence-corrected chi connectivity index (χ3v) is 4.02. The molecule has 150 valence electrons. The largest absolute Gasteiger partial charge is 0.457 e. The third-order valence-electron chi connectivity index (χ3n) is 4.02. The van der Waals surface area contributed by atoms with Crippen molar-refractivity contribution in [1.82, 2.24) is 0 Å². The monoisotopic (exact) mass is 404 g/mol. The van der Waals surface area contributed by atoms with E-state index in [1.54, 1.807) is 54.6 Å². The fraction of sp³-hybridized carbons (Fsp3) is 0.0870. The summed E-state index contributed by atoms with van der Waals surface area (Å²) in [5, 5.41) is 11.2. The summed E-state index contributed by atoms with van der Waals surface area (Å²) in [6, 6.07) is 18.2. The minimum absolute atomic E-state index is 0.287. The third kappa shape index (κ3) is 5.66. The summed E-state index contributed by atoms with van der Waals surface area (Å²) in [6.07, 6.45) is 2.78. The van der Waals surface area contributed by atoms with Gasteiger partial charge in [0.1, 0.15) is 17.3 Å². The van der Waals surface area contributed by atoms with Crippen LogP contribution in [0.5, 0.6) is 0 Å². The van der Waals surface area contributed by atoms with Crippen LogP contribution in [-0.2, 0) is 20.7 Å². The van der Waals surface area contributed by atoms with Crippen molar-refractivity contribution in [2.75, 3.05) is 11.9 Å². The van der Waals surface area contributed by atoms with Crippen molar-refractivity contribution in [2.24, 2.45) is 0 Å². The van der Waals surface area contributed by atoms with E-state index in [9.17, 15) is 14.0 Å². The highest BCUT2D eigenvalue weighted by Gasteiger charge is 2.09. The number of furan rings is 1. The highest BCUT2D eigenvalue weighted by Crippen LogP contribution is 2.25. The van der Waals surface area contributed by atoms with Gasteiger partial charge in [0.15, 0.2) is 6.61 Å². The number of carbonyl (C=O) groups is 2. The lowest BCUT2D eigenvalue weighted by Crippen LogP contribution is -2.20. The summed E-state index contributed by atoms with van der Waals surface area (Å²) in [6.45, 7) is -0.457. The summed E-state index contributed by atoms with van der Waals surface area (Å²) in [5.41, 5.74) is 1.68. The van der Waals surface area contributed by atoms with Gasteiger partial charge < -0.3 is 14.5 Å². The predicted octanol–water partition coefficient (Wildman–Crippen LogP) is 4.35. The molecule has 0 radical (unpaired) electrons. The van der Waals surface area contributed by atoms with Gasteiger partial charge in [-0.3, -0.25) is 4.79 Å². The molecule has 1 N–H and O–H groups in total. The molecule has 0 saturated heterocycles. The molecule has 6 nitrogen and oxygen atoms in total. The van der Waals surface area contributed by atoms with E-state index in [4.69, 9.17) is 14.4 Å². The molecule has 2 aromatic carbocycles. The van der Waals surface area contributed by atoms with Gasteiger partial charge in [-0.25, -0.2) is 9.18 Å². The van der Waals surface area contributed by atoms with Gasteiger partial charge in [-0.15, -0.1) is 0 Å². The van der Waals surface area contributed by atoms with Crippen molar-refractivity contribution >= 4 is 23.6 Å². The Morgan fingerprint density at radius 3 is 2.60 bits per heavy atom. The second kappa shape index (κ2) is 9.85. The standard InChI is InChI=1S/C23H17FN2O4/c24-20-4-2-1-3-19(20)21-11-9-18(30-21)10-12-23(28)29-15-22(27)26-17-7-5-16(6-8-17)13-14-25/h1-12H,13,15H2,(H,26,27)/b12-10+.